The second kappa shape index (κ2) is 4.85. The summed E-state index contributed by atoms with van der Waals surface area (Å²) in [5.41, 5.74) is 0.703. The molecule has 0 spiro atoms. The van der Waals surface area contributed by atoms with Crippen LogP contribution in [0.1, 0.15) is 40.0 Å². The third-order valence-corrected chi connectivity index (χ3v) is 4.88. The van der Waals surface area contributed by atoms with E-state index >= 15 is 0 Å². The van der Waals surface area contributed by atoms with Crippen LogP contribution in [0.3, 0.4) is 0 Å². The third-order valence-electron chi connectivity index (χ3n) is 4.88. The Kier molecular flexibility index (Phi) is 3.08. The Hall–Kier alpha value is -2.30. The largest absolute Gasteiger partial charge is 0.444 e. The highest BCUT2D eigenvalue weighted by Gasteiger charge is 2.69. The minimum atomic E-state index is -0.458. The number of carbonyl (C=O) groups is 1. The van der Waals surface area contributed by atoms with Gasteiger partial charge in [0.25, 0.3) is 0 Å². The van der Waals surface area contributed by atoms with Crippen molar-refractivity contribution in [2.24, 2.45) is 0 Å². The fraction of sp³-hybridized carbons (Fsp3) is 0.474. The van der Waals surface area contributed by atoms with Gasteiger partial charge in [0.1, 0.15) is 5.60 Å². The number of anilines is 1. The molecule has 0 unspecified atom stereocenters. The summed E-state index contributed by atoms with van der Waals surface area (Å²) in [5, 5.41) is 9.06. The molecular formula is C19H23N3O2. The second-order valence-electron chi connectivity index (χ2n) is 8.25. The maximum atomic E-state index is 12.0. The molecule has 3 aliphatic rings. The molecule has 5 heteroatoms. The molecule has 5 nitrogen and oxygen atoms in total. The molecule has 0 aliphatic heterocycles. The van der Waals surface area contributed by atoms with Gasteiger partial charge in [-0.05, 0) is 52.2 Å². The van der Waals surface area contributed by atoms with E-state index in [9.17, 15) is 4.79 Å². The maximum Gasteiger partial charge on any atom is 0.408 e. The van der Waals surface area contributed by atoms with Crippen LogP contribution in [-0.2, 0) is 4.74 Å². The fourth-order valence-corrected chi connectivity index (χ4v) is 4.09. The minimum Gasteiger partial charge on any atom is -0.444 e. The first-order chi connectivity index (χ1) is 11.3. The van der Waals surface area contributed by atoms with Crippen molar-refractivity contribution in [1.29, 1.82) is 0 Å². The second-order valence-corrected chi connectivity index (χ2v) is 8.25. The number of nitrogens with one attached hydrogen (secondary N) is 2. The average molecular weight is 325 g/mol. The lowest BCUT2D eigenvalue weighted by Gasteiger charge is -2.70. The number of hydrogen-bond donors (Lipinski definition) is 2. The number of ether oxygens (including phenoxy) is 1. The normalized spacial score (nSPS) is 27.8. The number of amides is 1. The molecule has 1 amide bonds. The molecule has 0 radical (unpaired) electrons. The summed E-state index contributed by atoms with van der Waals surface area (Å²) in [6, 6.07) is 8.27. The van der Waals surface area contributed by atoms with E-state index in [1.807, 2.05) is 45.3 Å². The molecule has 24 heavy (non-hydrogen) atoms. The molecule has 3 saturated carbocycles. The topological polar surface area (TPSA) is 63.2 Å². The Labute approximate surface area is 141 Å². The van der Waals surface area contributed by atoms with E-state index in [1.165, 1.54) is 5.39 Å². The van der Waals surface area contributed by atoms with E-state index in [0.29, 0.717) is 0 Å². The van der Waals surface area contributed by atoms with Crippen molar-refractivity contribution in [3.63, 3.8) is 0 Å². The number of hydrogen-bond acceptors (Lipinski definition) is 4. The number of rotatable bonds is 3. The standard InChI is InChI=1S/C19H23N3O2/c1-17(2,3)24-16(23)22-19-10-18(11-19,12-19)21-15-6-4-5-13-9-20-8-7-14(13)15/h4-9,21H,10-12H2,1-3H3,(H,22,23). The lowest BCUT2D eigenvalue weighted by atomic mass is 9.44. The third kappa shape index (κ3) is 2.58. The van der Waals surface area contributed by atoms with Crippen molar-refractivity contribution in [3.8, 4) is 0 Å². The molecule has 126 valence electrons. The van der Waals surface area contributed by atoms with Crippen molar-refractivity contribution in [2.45, 2.75) is 56.7 Å². The summed E-state index contributed by atoms with van der Waals surface area (Å²) in [6.45, 7) is 5.65. The van der Waals surface area contributed by atoms with Gasteiger partial charge in [0.2, 0.25) is 0 Å². The lowest BCUT2D eigenvalue weighted by molar-refractivity contribution is -0.0657. The van der Waals surface area contributed by atoms with Crippen LogP contribution in [0, 0.1) is 0 Å². The number of carbonyl (C=O) groups excluding carboxylic acids is 1. The van der Waals surface area contributed by atoms with Crippen molar-refractivity contribution < 1.29 is 9.53 Å². The fourth-order valence-electron chi connectivity index (χ4n) is 4.09. The lowest BCUT2D eigenvalue weighted by Crippen LogP contribution is -2.81. The Morgan fingerprint density at radius 1 is 1.17 bits per heavy atom. The van der Waals surface area contributed by atoms with Gasteiger partial charge in [-0.25, -0.2) is 4.79 Å². The van der Waals surface area contributed by atoms with Crippen LogP contribution in [0.2, 0.25) is 0 Å². The summed E-state index contributed by atoms with van der Waals surface area (Å²) in [6.07, 6.45) is 6.23. The van der Waals surface area contributed by atoms with Crippen LogP contribution in [0.4, 0.5) is 10.5 Å². The van der Waals surface area contributed by atoms with Gasteiger partial charge in [0.15, 0.2) is 0 Å². The van der Waals surface area contributed by atoms with E-state index in [4.69, 9.17) is 4.74 Å². The Bertz CT molecular complexity index is 785. The van der Waals surface area contributed by atoms with E-state index in [-0.39, 0.29) is 17.2 Å². The van der Waals surface area contributed by atoms with Crippen molar-refractivity contribution in [1.82, 2.24) is 10.3 Å². The van der Waals surface area contributed by atoms with Gasteiger partial charge in [0.05, 0.1) is 5.54 Å². The molecule has 1 aromatic heterocycles. The van der Waals surface area contributed by atoms with Gasteiger partial charge >= 0.3 is 6.09 Å². The van der Waals surface area contributed by atoms with Gasteiger partial charge in [-0.2, -0.15) is 0 Å². The van der Waals surface area contributed by atoms with Gasteiger partial charge in [-0.3, -0.25) is 4.98 Å². The first-order valence-corrected chi connectivity index (χ1v) is 8.40. The van der Waals surface area contributed by atoms with Crippen LogP contribution >= 0.6 is 0 Å². The molecule has 2 N–H and O–H groups in total. The molecule has 2 aromatic rings. The van der Waals surface area contributed by atoms with E-state index in [2.05, 4.69) is 27.8 Å². The van der Waals surface area contributed by atoms with Crippen LogP contribution in [0.15, 0.2) is 36.7 Å². The van der Waals surface area contributed by atoms with Crippen molar-refractivity contribution in [3.05, 3.63) is 36.7 Å². The van der Waals surface area contributed by atoms with E-state index in [0.717, 1.165) is 30.3 Å². The number of pyridine rings is 1. The van der Waals surface area contributed by atoms with E-state index in [1.54, 1.807) is 0 Å². The Balaban J connectivity index is 1.41. The zero-order valence-electron chi connectivity index (χ0n) is 14.3. The van der Waals surface area contributed by atoms with Crippen LogP contribution < -0.4 is 10.6 Å². The monoisotopic (exact) mass is 325 g/mol. The van der Waals surface area contributed by atoms with Gasteiger partial charge in [0, 0.05) is 34.4 Å². The maximum absolute atomic E-state index is 12.0. The smallest absolute Gasteiger partial charge is 0.408 e. The van der Waals surface area contributed by atoms with Crippen molar-refractivity contribution in [2.75, 3.05) is 5.32 Å². The zero-order valence-corrected chi connectivity index (χ0v) is 14.3. The summed E-state index contributed by atoms with van der Waals surface area (Å²) < 4.78 is 5.37. The van der Waals surface area contributed by atoms with Crippen LogP contribution in [0.5, 0.6) is 0 Å². The van der Waals surface area contributed by atoms with Gasteiger partial charge in [-0.1, -0.05) is 12.1 Å². The Morgan fingerprint density at radius 3 is 2.62 bits per heavy atom. The van der Waals surface area contributed by atoms with Gasteiger partial charge in [-0.15, -0.1) is 0 Å². The first-order valence-electron chi connectivity index (χ1n) is 8.40. The Morgan fingerprint density at radius 2 is 1.92 bits per heavy atom. The minimum absolute atomic E-state index is 0.0819. The van der Waals surface area contributed by atoms with Crippen LogP contribution in [0.25, 0.3) is 10.8 Å². The molecule has 1 aromatic carbocycles. The SMILES string of the molecule is CC(C)(C)OC(=O)NC12CC(Nc3cccc4cnccc34)(C1)C2. The summed E-state index contributed by atoms with van der Waals surface area (Å²) in [4.78, 5) is 16.1. The van der Waals surface area contributed by atoms with Crippen LogP contribution in [-0.4, -0.2) is 27.8 Å². The predicted molar refractivity (Wildman–Crippen MR) is 94.0 cm³/mol. The molecule has 0 atom stereocenters. The first kappa shape index (κ1) is 15.2. The predicted octanol–water partition coefficient (Wildman–Crippen LogP) is 3.85. The quantitative estimate of drug-likeness (QED) is 0.900. The number of nitrogens with zero attached hydrogens (tertiary/aromatic N) is 1. The summed E-state index contributed by atoms with van der Waals surface area (Å²) in [7, 11) is 0. The van der Waals surface area contributed by atoms with Crippen molar-refractivity contribution >= 4 is 22.6 Å². The number of aromatic nitrogens is 1. The van der Waals surface area contributed by atoms with E-state index < -0.39 is 5.60 Å². The number of alkyl carbamates (subject to hydrolysis) is 1. The highest BCUT2D eigenvalue weighted by molar-refractivity contribution is 5.93. The molecular weight excluding hydrogens is 302 g/mol. The molecule has 2 bridgehead atoms. The average Bonchev–Trinajstić information content (AvgIpc) is 2.42. The number of fused-ring (bicyclic) bond motifs is 1. The highest BCUT2D eigenvalue weighted by Crippen LogP contribution is 2.62. The molecule has 3 fully saturated rings. The summed E-state index contributed by atoms with van der Waals surface area (Å²) in [5.74, 6) is 0. The molecule has 0 saturated heterocycles. The molecule has 1 heterocycles. The highest BCUT2D eigenvalue weighted by atomic mass is 16.6. The van der Waals surface area contributed by atoms with Gasteiger partial charge < -0.3 is 15.4 Å². The molecule has 3 aliphatic carbocycles. The summed E-state index contributed by atoms with van der Waals surface area (Å²) >= 11 is 0. The number of benzene rings is 1. The molecule has 5 rings (SSSR count). The zero-order chi connectivity index (χ0) is 17.0.